The van der Waals surface area contributed by atoms with Gasteiger partial charge in [0.25, 0.3) is 0 Å². The van der Waals surface area contributed by atoms with Crippen LogP contribution in [0.4, 0.5) is 0 Å². The van der Waals surface area contributed by atoms with Gasteiger partial charge in [0, 0.05) is 24.1 Å². The zero-order chi connectivity index (χ0) is 12.7. The first-order chi connectivity index (χ1) is 8.67. The topological polar surface area (TPSA) is 56.5 Å². The molecule has 0 saturated heterocycles. The average molecular weight is 243 g/mol. The molecule has 1 aliphatic carbocycles. The fourth-order valence-electron chi connectivity index (χ4n) is 2.14. The molecule has 0 bridgehead atoms. The lowest BCUT2D eigenvalue weighted by Gasteiger charge is -2.06. The van der Waals surface area contributed by atoms with Crippen molar-refractivity contribution in [1.29, 1.82) is 0 Å². The van der Waals surface area contributed by atoms with Gasteiger partial charge in [0.1, 0.15) is 17.5 Å². The summed E-state index contributed by atoms with van der Waals surface area (Å²) in [5.41, 5.74) is 1.15. The first-order valence-corrected chi connectivity index (χ1v) is 6.46. The van der Waals surface area contributed by atoms with Crippen LogP contribution in [0.25, 0.3) is 5.82 Å². The van der Waals surface area contributed by atoms with Gasteiger partial charge in [-0.05, 0) is 26.7 Å². The minimum atomic E-state index is 0.625. The van der Waals surface area contributed by atoms with E-state index in [-0.39, 0.29) is 0 Å². The second kappa shape index (κ2) is 4.15. The molecule has 94 valence electrons. The Hall–Kier alpha value is -1.78. The molecular weight excluding hydrogens is 226 g/mol. The predicted octanol–water partition coefficient (Wildman–Crippen LogP) is 2.11. The number of hydrogen-bond donors (Lipinski definition) is 0. The Morgan fingerprint density at radius 2 is 1.94 bits per heavy atom. The Kier molecular flexibility index (Phi) is 2.61. The molecule has 0 unspecified atom stereocenters. The molecule has 5 heteroatoms. The van der Waals surface area contributed by atoms with Gasteiger partial charge in [0.2, 0.25) is 0 Å². The van der Waals surface area contributed by atoms with Crippen molar-refractivity contribution < 1.29 is 0 Å². The third-order valence-corrected chi connectivity index (χ3v) is 3.15. The summed E-state index contributed by atoms with van der Waals surface area (Å²) in [6.07, 6.45) is 3.34. The largest absolute Gasteiger partial charge is 0.238 e. The van der Waals surface area contributed by atoms with Gasteiger partial charge in [0.15, 0.2) is 5.82 Å². The maximum Gasteiger partial charge on any atom is 0.159 e. The van der Waals surface area contributed by atoms with Crippen LogP contribution in [0.1, 0.15) is 48.9 Å². The summed E-state index contributed by atoms with van der Waals surface area (Å²) < 4.78 is 1.84. The van der Waals surface area contributed by atoms with Gasteiger partial charge >= 0.3 is 0 Å². The summed E-state index contributed by atoms with van der Waals surface area (Å²) >= 11 is 0. The van der Waals surface area contributed by atoms with Crippen LogP contribution in [-0.4, -0.2) is 24.7 Å². The molecule has 3 rings (SSSR count). The fraction of sp³-hybridized carbons (Fsp3) is 0.538. The molecule has 0 aliphatic heterocycles. The molecule has 1 fully saturated rings. The van der Waals surface area contributed by atoms with Crippen molar-refractivity contribution in [1.82, 2.24) is 24.7 Å². The van der Waals surface area contributed by atoms with Crippen LogP contribution < -0.4 is 0 Å². The van der Waals surface area contributed by atoms with Crippen molar-refractivity contribution in [2.75, 3.05) is 0 Å². The molecule has 5 nitrogen and oxygen atoms in total. The van der Waals surface area contributed by atoms with Crippen LogP contribution in [0.15, 0.2) is 6.07 Å². The van der Waals surface area contributed by atoms with Crippen LogP contribution in [0.5, 0.6) is 0 Å². The first kappa shape index (κ1) is 11.3. The van der Waals surface area contributed by atoms with Crippen molar-refractivity contribution in [2.24, 2.45) is 0 Å². The second-order valence-electron chi connectivity index (χ2n) is 4.81. The highest BCUT2D eigenvalue weighted by Gasteiger charge is 2.26. The van der Waals surface area contributed by atoms with E-state index in [4.69, 9.17) is 0 Å². The standard InChI is InChI=1S/C13H17N5/c1-4-12-16-9(3)17-18(12)13-7-11(10-5-6-10)14-8(2)15-13/h7,10H,4-6H2,1-3H3. The van der Waals surface area contributed by atoms with Crippen LogP contribution >= 0.6 is 0 Å². The number of hydrogen-bond acceptors (Lipinski definition) is 4. The minimum absolute atomic E-state index is 0.625. The summed E-state index contributed by atoms with van der Waals surface area (Å²) in [4.78, 5) is 13.4. The lowest BCUT2D eigenvalue weighted by Crippen LogP contribution is -2.07. The van der Waals surface area contributed by atoms with Crippen LogP contribution in [0, 0.1) is 13.8 Å². The van der Waals surface area contributed by atoms with Crippen molar-refractivity contribution in [3.8, 4) is 5.82 Å². The van der Waals surface area contributed by atoms with E-state index < -0.39 is 0 Å². The first-order valence-electron chi connectivity index (χ1n) is 6.46. The fourth-order valence-corrected chi connectivity index (χ4v) is 2.14. The summed E-state index contributed by atoms with van der Waals surface area (Å²) in [5.74, 6) is 4.02. The molecular formula is C13H17N5. The Morgan fingerprint density at radius 3 is 2.61 bits per heavy atom. The summed E-state index contributed by atoms with van der Waals surface area (Å²) in [7, 11) is 0. The molecule has 1 saturated carbocycles. The van der Waals surface area contributed by atoms with E-state index in [9.17, 15) is 0 Å². The molecule has 2 heterocycles. The average Bonchev–Trinajstić information content (AvgIpc) is 3.11. The SMILES string of the molecule is CCc1nc(C)nn1-c1cc(C2CC2)nc(C)n1. The smallest absolute Gasteiger partial charge is 0.159 e. The molecule has 0 amide bonds. The Labute approximate surface area is 106 Å². The van der Waals surface area contributed by atoms with E-state index in [0.29, 0.717) is 5.92 Å². The molecule has 0 spiro atoms. The van der Waals surface area contributed by atoms with Gasteiger partial charge in [-0.3, -0.25) is 0 Å². The summed E-state index contributed by atoms with van der Waals surface area (Å²) in [5, 5.41) is 4.43. The van der Waals surface area contributed by atoms with Crippen molar-refractivity contribution in [2.45, 2.75) is 46.0 Å². The van der Waals surface area contributed by atoms with Crippen molar-refractivity contribution >= 4 is 0 Å². The Morgan fingerprint density at radius 1 is 1.17 bits per heavy atom. The maximum absolute atomic E-state index is 4.51. The molecule has 1 aliphatic rings. The quantitative estimate of drug-likeness (QED) is 0.828. The van der Waals surface area contributed by atoms with Crippen LogP contribution in [0.3, 0.4) is 0 Å². The number of nitrogens with zero attached hydrogens (tertiary/aromatic N) is 5. The van der Waals surface area contributed by atoms with Gasteiger partial charge in [0.05, 0.1) is 0 Å². The van der Waals surface area contributed by atoms with Gasteiger partial charge in [-0.25, -0.2) is 15.0 Å². The number of aryl methyl sites for hydroxylation is 3. The molecule has 0 N–H and O–H groups in total. The van der Waals surface area contributed by atoms with Gasteiger partial charge in [-0.15, -0.1) is 5.10 Å². The summed E-state index contributed by atoms with van der Waals surface area (Å²) in [6.45, 7) is 5.92. The van der Waals surface area contributed by atoms with E-state index in [1.165, 1.54) is 12.8 Å². The normalized spacial score (nSPS) is 15.1. The zero-order valence-electron chi connectivity index (χ0n) is 11.0. The molecule has 0 aromatic carbocycles. The monoisotopic (exact) mass is 243 g/mol. The minimum Gasteiger partial charge on any atom is -0.238 e. The van der Waals surface area contributed by atoms with Gasteiger partial charge in [-0.2, -0.15) is 4.68 Å². The molecule has 18 heavy (non-hydrogen) atoms. The molecule has 0 atom stereocenters. The predicted molar refractivity (Wildman–Crippen MR) is 67.8 cm³/mol. The van der Waals surface area contributed by atoms with Crippen LogP contribution in [0.2, 0.25) is 0 Å². The molecule has 2 aromatic heterocycles. The third-order valence-electron chi connectivity index (χ3n) is 3.15. The highest BCUT2D eigenvalue weighted by molar-refractivity contribution is 5.29. The maximum atomic E-state index is 4.51. The summed E-state index contributed by atoms with van der Waals surface area (Å²) in [6, 6.07) is 2.05. The second-order valence-corrected chi connectivity index (χ2v) is 4.81. The van der Waals surface area contributed by atoms with Crippen molar-refractivity contribution in [3.05, 3.63) is 29.2 Å². The zero-order valence-corrected chi connectivity index (χ0v) is 11.0. The lowest BCUT2D eigenvalue weighted by molar-refractivity contribution is 0.757. The highest BCUT2D eigenvalue weighted by Crippen LogP contribution is 2.39. The van der Waals surface area contributed by atoms with E-state index >= 15 is 0 Å². The molecule has 2 aromatic rings. The van der Waals surface area contributed by atoms with E-state index in [1.54, 1.807) is 0 Å². The molecule has 0 radical (unpaired) electrons. The van der Waals surface area contributed by atoms with Gasteiger partial charge < -0.3 is 0 Å². The Balaban J connectivity index is 2.09. The Bertz CT molecular complexity index is 583. The van der Waals surface area contributed by atoms with E-state index in [2.05, 4.69) is 33.0 Å². The number of aromatic nitrogens is 5. The highest BCUT2D eigenvalue weighted by atomic mass is 15.4. The van der Waals surface area contributed by atoms with Crippen LogP contribution in [-0.2, 0) is 6.42 Å². The van der Waals surface area contributed by atoms with E-state index in [0.717, 1.165) is 35.4 Å². The van der Waals surface area contributed by atoms with Crippen molar-refractivity contribution in [3.63, 3.8) is 0 Å². The third kappa shape index (κ3) is 2.00. The lowest BCUT2D eigenvalue weighted by atomic mass is 10.2. The van der Waals surface area contributed by atoms with E-state index in [1.807, 2.05) is 18.5 Å². The van der Waals surface area contributed by atoms with Gasteiger partial charge in [-0.1, -0.05) is 6.92 Å². The number of rotatable bonds is 3.